The molecule has 0 spiro atoms. The maximum absolute atomic E-state index is 9.19. The SMILES string of the molecule is Oc1ccc(CCCC=Cc2ccc(Cl)cc2)cc1. The van der Waals surface area contributed by atoms with E-state index >= 15 is 0 Å². The summed E-state index contributed by atoms with van der Waals surface area (Å²) in [6.45, 7) is 0. The van der Waals surface area contributed by atoms with Gasteiger partial charge in [0.15, 0.2) is 0 Å². The minimum Gasteiger partial charge on any atom is -0.508 e. The molecule has 0 heterocycles. The van der Waals surface area contributed by atoms with Gasteiger partial charge >= 0.3 is 0 Å². The van der Waals surface area contributed by atoms with Crippen LogP contribution in [0.15, 0.2) is 54.6 Å². The van der Waals surface area contributed by atoms with Gasteiger partial charge in [-0.25, -0.2) is 0 Å². The number of hydrogen-bond donors (Lipinski definition) is 1. The number of rotatable bonds is 5. The molecule has 0 saturated carbocycles. The second-order valence-electron chi connectivity index (χ2n) is 4.51. The molecule has 0 saturated heterocycles. The number of benzene rings is 2. The van der Waals surface area contributed by atoms with E-state index in [1.54, 1.807) is 12.1 Å². The summed E-state index contributed by atoms with van der Waals surface area (Å²) in [5, 5.41) is 9.96. The number of phenols is 1. The molecule has 0 aliphatic heterocycles. The van der Waals surface area contributed by atoms with Crippen molar-refractivity contribution in [3.05, 3.63) is 70.8 Å². The summed E-state index contributed by atoms with van der Waals surface area (Å²) in [5.74, 6) is 0.325. The van der Waals surface area contributed by atoms with Crippen LogP contribution in [-0.2, 0) is 6.42 Å². The zero-order valence-corrected chi connectivity index (χ0v) is 11.5. The highest BCUT2D eigenvalue weighted by Crippen LogP contribution is 2.13. The van der Waals surface area contributed by atoms with Crippen LogP contribution in [0.4, 0.5) is 0 Å². The smallest absolute Gasteiger partial charge is 0.115 e. The van der Waals surface area contributed by atoms with Crippen molar-refractivity contribution in [3.8, 4) is 5.75 Å². The zero-order chi connectivity index (χ0) is 13.5. The minimum absolute atomic E-state index is 0.325. The standard InChI is InChI=1S/C17H17ClO/c18-16-10-6-14(7-11-16)4-2-1-3-5-15-8-12-17(19)13-9-15/h2,4,6-13,19H,1,3,5H2. The van der Waals surface area contributed by atoms with E-state index in [2.05, 4.69) is 12.2 Å². The molecule has 1 nitrogen and oxygen atoms in total. The van der Waals surface area contributed by atoms with Crippen LogP contribution >= 0.6 is 11.6 Å². The van der Waals surface area contributed by atoms with E-state index in [9.17, 15) is 5.11 Å². The van der Waals surface area contributed by atoms with E-state index in [1.165, 1.54) is 11.1 Å². The molecule has 2 heteroatoms. The van der Waals surface area contributed by atoms with E-state index in [0.717, 1.165) is 24.3 Å². The summed E-state index contributed by atoms with van der Waals surface area (Å²) in [4.78, 5) is 0. The van der Waals surface area contributed by atoms with Crippen molar-refractivity contribution >= 4 is 17.7 Å². The molecule has 1 N–H and O–H groups in total. The second-order valence-corrected chi connectivity index (χ2v) is 4.95. The first-order valence-electron chi connectivity index (χ1n) is 6.44. The summed E-state index contributed by atoms with van der Waals surface area (Å²) >= 11 is 5.83. The third-order valence-electron chi connectivity index (χ3n) is 2.95. The Kier molecular flexibility index (Phi) is 5.05. The van der Waals surface area contributed by atoms with Gasteiger partial charge in [-0.05, 0) is 54.7 Å². The fraction of sp³-hybridized carbons (Fsp3) is 0.176. The number of phenolic OH excluding ortho intramolecular Hbond substituents is 1. The summed E-state index contributed by atoms with van der Waals surface area (Å²) in [6.07, 6.45) is 7.49. The monoisotopic (exact) mass is 272 g/mol. The summed E-state index contributed by atoms with van der Waals surface area (Å²) in [7, 11) is 0. The van der Waals surface area contributed by atoms with Gasteiger partial charge in [0.2, 0.25) is 0 Å². The number of aryl methyl sites for hydroxylation is 1. The van der Waals surface area contributed by atoms with Crippen molar-refractivity contribution in [2.75, 3.05) is 0 Å². The molecule has 2 aromatic carbocycles. The average molecular weight is 273 g/mol. The Morgan fingerprint density at radius 3 is 2.32 bits per heavy atom. The number of aromatic hydroxyl groups is 1. The van der Waals surface area contributed by atoms with Gasteiger partial charge in [-0.15, -0.1) is 0 Å². The zero-order valence-electron chi connectivity index (χ0n) is 10.7. The van der Waals surface area contributed by atoms with Crippen molar-refractivity contribution in [1.82, 2.24) is 0 Å². The van der Waals surface area contributed by atoms with Crippen LogP contribution < -0.4 is 0 Å². The van der Waals surface area contributed by atoms with Crippen LogP contribution in [0, 0.1) is 0 Å². The molecule has 0 aliphatic carbocycles. The molecule has 0 radical (unpaired) electrons. The van der Waals surface area contributed by atoms with Crippen LogP contribution in [-0.4, -0.2) is 5.11 Å². The average Bonchev–Trinajstić information content (AvgIpc) is 2.43. The summed E-state index contributed by atoms with van der Waals surface area (Å²) < 4.78 is 0. The van der Waals surface area contributed by atoms with E-state index in [-0.39, 0.29) is 0 Å². The topological polar surface area (TPSA) is 20.2 Å². The van der Waals surface area contributed by atoms with Gasteiger partial charge in [0.25, 0.3) is 0 Å². The number of unbranched alkanes of at least 4 members (excludes halogenated alkanes) is 1. The van der Waals surface area contributed by atoms with Crippen molar-refractivity contribution in [2.45, 2.75) is 19.3 Å². The number of allylic oxidation sites excluding steroid dienone is 1. The number of halogens is 1. The van der Waals surface area contributed by atoms with Crippen molar-refractivity contribution in [3.63, 3.8) is 0 Å². The van der Waals surface area contributed by atoms with Gasteiger partial charge < -0.3 is 5.11 Å². The molecule has 0 fully saturated rings. The maximum Gasteiger partial charge on any atom is 0.115 e. The Morgan fingerprint density at radius 1 is 0.947 bits per heavy atom. The molecule has 2 rings (SSSR count). The first-order valence-corrected chi connectivity index (χ1v) is 6.82. The summed E-state index contributed by atoms with van der Waals surface area (Å²) in [6, 6.07) is 15.2. The third-order valence-corrected chi connectivity index (χ3v) is 3.20. The second kappa shape index (κ2) is 7.01. The number of hydrogen-bond acceptors (Lipinski definition) is 1. The van der Waals surface area contributed by atoms with Crippen LogP contribution in [0.3, 0.4) is 0 Å². The van der Waals surface area contributed by atoms with E-state index in [4.69, 9.17) is 11.6 Å². The highest BCUT2D eigenvalue weighted by Gasteiger charge is 1.93. The van der Waals surface area contributed by atoms with E-state index in [1.807, 2.05) is 36.4 Å². The van der Waals surface area contributed by atoms with Gasteiger partial charge in [0, 0.05) is 5.02 Å². The van der Waals surface area contributed by atoms with Gasteiger partial charge in [0.1, 0.15) is 5.75 Å². The Bertz CT molecular complexity index is 526. The largest absolute Gasteiger partial charge is 0.508 e. The van der Waals surface area contributed by atoms with Crippen molar-refractivity contribution in [1.29, 1.82) is 0 Å². The molecule has 19 heavy (non-hydrogen) atoms. The molecular formula is C17H17ClO. The minimum atomic E-state index is 0.325. The molecule has 98 valence electrons. The highest BCUT2D eigenvalue weighted by atomic mass is 35.5. The normalized spacial score (nSPS) is 11.0. The highest BCUT2D eigenvalue weighted by molar-refractivity contribution is 6.30. The van der Waals surface area contributed by atoms with Gasteiger partial charge in [-0.1, -0.05) is 48.0 Å². The quantitative estimate of drug-likeness (QED) is 0.753. The lowest BCUT2D eigenvalue weighted by molar-refractivity contribution is 0.475. The first-order chi connectivity index (χ1) is 9.24. The van der Waals surface area contributed by atoms with Crippen LogP contribution in [0.2, 0.25) is 5.02 Å². The lowest BCUT2D eigenvalue weighted by atomic mass is 10.1. The molecule has 0 aromatic heterocycles. The Balaban J connectivity index is 1.74. The molecule has 0 amide bonds. The van der Waals surface area contributed by atoms with Gasteiger partial charge in [-0.2, -0.15) is 0 Å². The summed E-state index contributed by atoms with van der Waals surface area (Å²) in [5.41, 5.74) is 2.44. The molecule has 0 bridgehead atoms. The van der Waals surface area contributed by atoms with E-state index < -0.39 is 0 Å². The molecule has 0 aliphatic rings. The fourth-order valence-electron chi connectivity index (χ4n) is 1.88. The molecule has 0 atom stereocenters. The predicted octanol–water partition coefficient (Wildman–Crippen LogP) is 5.08. The van der Waals surface area contributed by atoms with Crippen LogP contribution in [0.1, 0.15) is 24.0 Å². The van der Waals surface area contributed by atoms with Crippen LogP contribution in [0.5, 0.6) is 5.75 Å². The van der Waals surface area contributed by atoms with Crippen LogP contribution in [0.25, 0.3) is 6.08 Å². The third kappa shape index (κ3) is 4.80. The van der Waals surface area contributed by atoms with Gasteiger partial charge in [0.05, 0.1) is 0 Å². The van der Waals surface area contributed by atoms with Gasteiger partial charge in [-0.3, -0.25) is 0 Å². The predicted molar refractivity (Wildman–Crippen MR) is 81.5 cm³/mol. The van der Waals surface area contributed by atoms with Crippen molar-refractivity contribution < 1.29 is 5.11 Å². The maximum atomic E-state index is 9.19. The van der Waals surface area contributed by atoms with E-state index in [0.29, 0.717) is 5.75 Å². The molecule has 2 aromatic rings. The van der Waals surface area contributed by atoms with Crippen molar-refractivity contribution in [2.24, 2.45) is 0 Å². The lowest BCUT2D eigenvalue weighted by Gasteiger charge is -1.99. The Hall–Kier alpha value is -1.73. The lowest BCUT2D eigenvalue weighted by Crippen LogP contribution is -1.83. The first kappa shape index (κ1) is 13.7. The molecule has 0 unspecified atom stereocenters. The fourth-order valence-corrected chi connectivity index (χ4v) is 2.01. The Labute approximate surface area is 119 Å². The Morgan fingerprint density at radius 2 is 1.63 bits per heavy atom. The molecular weight excluding hydrogens is 256 g/mol.